The van der Waals surface area contributed by atoms with Gasteiger partial charge in [-0.2, -0.15) is 11.8 Å². The zero-order valence-electron chi connectivity index (χ0n) is 10.8. The molecule has 0 radical (unpaired) electrons. The molecule has 2 fully saturated rings. The molecule has 4 nitrogen and oxygen atoms in total. The molecule has 0 aliphatic carbocycles. The Bertz CT molecular complexity index is 404. The summed E-state index contributed by atoms with van der Waals surface area (Å²) in [7, 11) is 0. The normalized spacial score (nSPS) is 23.2. The molecule has 0 amide bonds. The van der Waals surface area contributed by atoms with Gasteiger partial charge in [0.25, 0.3) is 0 Å². The molecule has 1 aromatic heterocycles. The van der Waals surface area contributed by atoms with Crippen molar-refractivity contribution in [1.29, 1.82) is 0 Å². The Kier molecular flexibility index (Phi) is 5.37. The number of rotatable bonds is 2. The number of hydrogen-bond acceptors (Lipinski definition) is 6. The number of thioether (sulfide) groups is 1. The third-order valence-electron chi connectivity index (χ3n) is 3.68. The number of thiazole rings is 1. The molecule has 3 rings (SSSR count). The van der Waals surface area contributed by atoms with Gasteiger partial charge in [0.15, 0.2) is 5.13 Å². The Morgan fingerprint density at radius 1 is 1.42 bits per heavy atom. The molecule has 0 aromatic carbocycles. The van der Waals surface area contributed by atoms with E-state index < -0.39 is 0 Å². The van der Waals surface area contributed by atoms with Crippen LogP contribution in [0.1, 0.15) is 17.7 Å². The van der Waals surface area contributed by atoms with Crippen LogP contribution >= 0.6 is 35.5 Å². The van der Waals surface area contributed by atoms with Gasteiger partial charge in [-0.3, -0.25) is 4.90 Å². The Morgan fingerprint density at radius 2 is 2.21 bits per heavy atom. The number of hydrogen-bond donors (Lipinski definition) is 1. The van der Waals surface area contributed by atoms with E-state index in [0.29, 0.717) is 9.88 Å². The van der Waals surface area contributed by atoms with Crippen molar-refractivity contribution in [3.05, 3.63) is 11.1 Å². The highest BCUT2D eigenvalue weighted by Crippen LogP contribution is 2.39. The van der Waals surface area contributed by atoms with E-state index in [-0.39, 0.29) is 12.4 Å². The van der Waals surface area contributed by atoms with E-state index in [2.05, 4.69) is 21.6 Å². The molecule has 2 N–H and O–H groups in total. The third kappa shape index (κ3) is 3.76. The first-order chi connectivity index (χ1) is 8.76. The fourth-order valence-electron chi connectivity index (χ4n) is 2.72. The molecule has 19 heavy (non-hydrogen) atoms. The van der Waals surface area contributed by atoms with Crippen LogP contribution < -0.4 is 5.73 Å². The van der Waals surface area contributed by atoms with Crippen LogP contribution in [0.15, 0.2) is 6.20 Å². The van der Waals surface area contributed by atoms with Crippen molar-refractivity contribution in [3.8, 4) is 0 Å². The Labute approximate surface area is 128 Å². The standard InChI is InChI=1S/C12H19N3OS2.ClH/c13-11-14-7-10(18-11)8-15-3-6-17-12(9-15)1-4-16-5-2-12;/h7H,1-6,8-9H2,(H2,13,14);1H. The van der Waals surface area contributed by atoms with Crippen molar-refractivity contribution in [2.45, 2.75) is 24.1 Å². The van der Waals surface area contributed by atoms with Gasteiger partial charge < -0.3 is 10.5 Å². The molecule has 2 aliphatic heterocycles. The maximum atomic E-state index is 5.69. The van der Waals surface area contributed by atoms with E-state index in [1.807, 2.05) is 6.20 Å². The summed E-state index contributed by atoms with van der Waals surface area (Å²) in [6, 6.07) is 0. The lowest BCUT2D eigenvalue weighted by Crippen LogP contribution is -2.48. The highest BCUT2D eigenvalue weighted by atomic mass is 35.5. The summed E-state index contributed by atoms with van der Waals surface area (Å²) in [4.78, 5) is 7.96. The minimum absolute atomic E-state index is 0. The second-order valence-corrected chi connectivity index (χ2v) is 7.73. The molecule has 0 unspecified atom stereocenters. The largest absolute Gasteiger partial charge is 0.381 e. The predicted molar refractivity (Wildman–Crippen MR) is 84.3 cm³/mol. The van der Waals surface area contributed by atoms with E-state index in [4.69, 9.17) is 10.5 Å². The SMILES string of the molecule is Cl.Nc1ncc(CN2CCSC3(CCOCC3)C2)s1. The first-order valence-electron chi connectivity index (χ1n) is 6.40. The molecule has 0 bridgehead atoms. The van der Waals surface area contributed by atoms with Gasteiger partial charge in [-0.1, -0.05) is 0 Å². The maximum Gasteiger partial charge on any atom is 0.180 e. The molecular formula is C12H20ClN3OS2. The Hall–Kier alpha value is -0.0100. The van der Waals surface area contributed by atoms with Gasteiger partial charge in [-0.25, -0.2) is 4.98 Å². The van der Waals surface area contributed by atoms with Gasteiger partial charge in [-0.05, 0) is 12.8 Å². The lowest BCUT2D eigenvalue weighted by atomic mass is 9.98. The summed E-state index contributed by atoms with van der Waals surface area (Å²) in [5.41, 5.74) is 5.69. The number of halogens is 1. The second-order valence-electron chi connectivity index (χ2n) is 5.02. The van der Waals surface area contributed by atoms with Gasteiger partial charge in [0.05, 0.1) is 0 Å². The number of nitrogen functional groups attached to an aromatic ring is 1. The van der Waals surface area contributed by atoms with E-state index in [9.17, 15) is 0 Å². The average Bonchev–Trinajstić information content (AvgIpc) is 2.76. The van der Waals surface area contributed by atoms with Crippen molar-refractivity contribution in [3.63, 3.8) is 0 Å². The molecule has 0 atom stereocenters. The molecule has 7 heteroatoms. The monoisotopic (exact) mass is 321 g/mol. The quantitative estimate of drug-likeness (QED) is 0.905. The van der Waals surface area contributed by atoms with Gasteiger partial charge in [0.2, 0.25) is 0 Å². The Morgan fingerprint density at radius 3 is 2.89 bits per heavy atom. The Balaban J connectivity index is 0.00000133. The van der Waals surface area contributed by atoms with Crippen molar-refractivity contribution in [2.75, 3.05) is 37.8 Å². The molecule has 1 spiro atoms. The highest BCUT2D eigenvalue weighted by Gasteiger charge is 2.37. The van der Waals surface area contributed by atoms with E-state index in [0.717, 1.165) is 19.8 Å². The molecule has 2 saturated heterocycles. The smallest absolute Gasteiger partial charge is 0.180 e. The zero-order valence-corrected chi connectivity index (χ0v) is 13.3. The average molecular weight is 322 g/mol. The minimum atomic E-state index is 0. The van der Waals surface area contributed by atoms with Gasteiger partial charge in [-0.15, -0.1) is 23.7 Å². The first kappa shape index (κ1) is 15.4. The lowest BCUT2D eigenvalue weighted by Gasteiger charge is -2.44. The van der Waals surface area contributed by atoms with E-state index in [1.165, 1.54) is 36.6 Å². The number of ether oxygens (including phenoxy) is 1. The number of anilines is 1. The molecule has 3 heterocycles. The number of nitrogens with two attached hydrogens (primary N) is 1. The zero-order chi connectivity index (χ0) is 12.4. The van der Waals surface area contributed by atoms with Crippen LogP contribution in [0.5, 0.6) is 0 Å². The van der Waals surface area contributed by atoms with Crippen molar-refractivity contribution >= 4 is 40.6 Å². The van der Waals surface area contributed by atoms with Gasteiger partial charge in [0, 0.05) is 54.4 Å². The maximum absolute atomic E-state index is 5.69. The lowest BCUT2D eigenvalue weighted by molar-refractivity contribution is 0.0626. The summed E-state index contributed by atoms with van der Waals surface area (Å²) in [5.74, 6) is 1.23. The minimum Gasteiger partial charge on any atom is -0.381 e. The van der Waals surface area contributed by atoms with Crippen LogP contribution in [0.4, 0.5) is 5.13 Å². The third-order valence-corrected chi connectivity index (χ3v) is 6.03. The van der Waals surface area contributed by atoms with Gasteiger partial charge >= 0.3 is 0 Å². The fraction of sp³-hybridized carbons (Fsp3) is 0.750. The van der Waals surface area contributed by atoms with Crippen LogP contribution in [0, 0.1) is 0 Å². The summed E-state index contributed by atoms with van der Waals surface area (Å²) >= 11 is 3.76. The predicted octanol–water partition coefficient (Wildman–Crippen LogP) is 2.25. The molecular weight excluding hydrogens is 302 g/mol. The van der Waals surface area contributed by atoms with Crippen LogP contribution in [-0.2, 0) is 11.3 Å². The number of nitrogens with zero attached hydrogens (tertiary/aromatic N) is 2. The van der Waals surface area contributed by atoms with Crippen molar-refractivity contribution in [2.24, 2.45) is 0 Å². The molecule has 108 valence electrons. The second kappa shape index (κ2) is 6.63. The van der Waals surface area contributed by atoms with E-state index >= 15 is 0 Å². The van der Waals surface area contributed by atoms with Crippen LogP contribution in [0.2, 0.25) is 0 Å². The van der Waals surface area contributed by atoms with Crippen molar-refractivity contribution in [1.82, 2.24) is 9.88 Å². The van der Waals surface area contributed by atoms with Crippen LogP contribution in [-0.4, -0.2) is 46.7 Å². The van der Waals surface area contributed by atoms with Gasteiger partial charge in [0.1, 0.15) is 0 Å². The van der Waals surface area contributed by atoms with Crippen molar-refractivity contribution < 1.29 is 4.74 Å². The summed E-state index contributed by atoms with van der Waals surface area (Å²) in [5, 5.41) is 0.678. The number of aromatic nitrogens is 1. The molecule has 2 aliphatic rings. The molecule has 0 saturated carbocycles. The first-order valence-corrected chi connectivity index (χ1v) is 8.20. The topological polar surface area (TPSA) is 51.4 Å². The summed E-state index contributed by atoms with van der Waals surface area (Å²) < 4.78 is 5.93. The summed E-state index contributed by atoms with van der Waals surface area (Å²) in [6.07, 6.45) is 4.30. The summed E-state index contributed by atoms with van der Waals surface area (Å²) in [6.45, 7) is 5.20. The van der Waals surface area contributed by atoms with Crippen LogP contribution in [0.25, 0.3) is 0 Å². The fourth-order valence-corrected chi connectivity index (χ4v) is 4.96. The van der Waals surface area contributed by atoms with Crippen LogP contribution in [0.3, 0.4) is 0 Å². The highest BCUT2D eigenvalue weighted by molar-refractivity contribution is 8.00. The van der Waals surface area contributed by atoms with E-state index in [1.54, 1.807) is 11.3 Å². The molecule has 1 aromatic rings.